The van der Waals surface area contributed by atoms with Crippen LogP contribution in [0.5, 0.6) is 11.5 Å². The third-order valence-corrected chi connectivity index (χ3v) is 3.75. The summed E-state index contributed by atoms with van der Waals surface area (Å²) in [6.45, 7) is 2.78. The average molecular weight is 356 g/mol. The number of rotatable bonds is 12. The van der Waals surface area contributed by atoms with Crippen LogP contribution in [0.1, 0.15) is 24.0 Å². The molecule has 2 aromatic carbocycles. The molecule has 140 valence electrons. The van der Waals surface area contributed by atoms with Crippen LogP contribution < -0.4 is 9.47 Å². The lowest BCUT2D eigenvalue weighted by molar-refractivity contribution is 0.172. The van der Waals surface area contributed by atoms with Crippen molar-refractivity contribution in [3.05, 3.63) is 59.7 Å². The molecule has 26 heavy (non-hydrogen) atoms. The van der Waals surface area contributed by atoms with Gasteiger partial charge in [0.1, 0.15) is 11.5 Å². The normalized spacial score (nSPS) is 11.0. The minimum Gasteiger partial charge on any atom is -0.494 e. The average Bonchev–Trinajstić information content (AvgIpc) is 2.69. The molecule has 0 heterocycles. The number of hydrogen-bond donors (Lipinski definition) is 0. The van der Waals surface area contributed by atoms with Crippen molar-refractivity contribution < 1.29 is 18.9 Å². The van der Waals surface area contributed by atoms with E-state index in [9.17, 15) is 0 Å². The van der Waals surface area contributed by atoms with Crippen molar-refractivity contribution in [1.82, 2.24) is 0 Å². The third-order valence-electron chi connectivity index (χ3n) is 3.75. The molecule has 0 spiro atoms. The highest BCUT2D eigenvalue weighted by atomic mass is 16.5. The van der Waals surface area contributed by atoms with E-state index in [-0.39, 0.29) is 0 Å². The van der Waals surface area contributed by atoms with Crippen molar-refractivity contribution >= 4 is 12.2 Å². The maximum absolute atomic E-state index is 5.66. The number of ether oxygens (including phenoxy) is 4. The van der Waals surface area contributed by atoms with E-state index in [1.807, 2.05) is 24.3 Å². The second kappa shape index (κ2) is 12.1. The first kappa shape index (κ1) is 20.0. The van der Waals surface area contributed by atoms with Crippen LogP contribution in [0.3, 0.4) is 0 Å². The molecule has 0 radical (unpaired) electrons. The van der Waals surface area contributed by atoms with Gasteiger partial charge in [-0.3, -0.25) is 0 Å². The number of benzene rings is 2. The van der Waals surface area contributed by atoms with Crippen molar-refractivity contribution in [3.8, 4) is 11.5 Å². The zero-order valence-corrected chi connectivity index (χ0v) is 15.6. The molecule has 0 saturated carbocycles. The fourth-order valence-corrected chi connectivity index (χ4v) is 2.33. The SMILES string of the molecule is COCCCOc1ccc(/C=C/c2ccc(OCCCOC)cc2)cc1. The van der Waals surface area contributed by atoms with Crippen molar-refractivity contribution in [2.45, 2.75) is 12.8 Å². The Hall–Kier alpha value is -2.30. The van der Waals surface area contributed by atoms with Gasteiger partial charge in [-0.25, -0.2) is 0 Å². The van der Waals surface area contributed by atoms with E-state index in [0.29, 0.717) is 13.2 Å². The van der Waals surface area contributed by atoms with Crippen LogP contribution in [0.15, 0.2) is 48.5 Å². The van der Waals surface area contributed by atoms with Crippen molar-refractivity contribution in [2.75, 3.05) is 40.6 Å². The molecule has 0 bridgehead atoms. The van der Waals surface area contributed by atoms with Gasteiger partial charge in [-0.1, -0.05) is 36.4 Å². The zero-order valence-electron chi connectivity index (χ0n) is 15.6. The Labute approximate surface area is 156 Å². The first-order valence-electron chi connectivity index (χ1n) is 8.93. The molecule has 0 saturated heterocycles. The van der Waals surface area contributed by atoms with Gasteiger partial charge in [-0.2, -0.15) is 0 Å². The van der Waals surface area contributed by atoms with Gasteiger partial charge in [0.2, 0.25) is 0 Å². The molecule has 0 atom stereocenters. The Morgan fingerprint density at radius 3 is 1.31 bits per heavy atom. The predicted octanol–water partition coefficient (Wildman–Crippen LogP) is 4.69. The van der Waals surface area contributed by atoms with Gasteiger partial charge in [0.05, 0.1) is 13.2 Å². The van der Waals surface area contributed by atoms with Gasteiger partial charge in [0.15, 0.2) is 0 Å². The Kier molecular flexibility index (Phi) is 9.33. The summed E-state index contributed by atoms with van der Waals surface area (Å²) in [4.78, 5) is 0. The van der Waals surface area contributed by atoms with Crippen LogP contribution >= 0.6 is 0 Å². The molecule has 0 aliphatic carbocycles. The topological polar surface area (TPSA) is 36.9 Å². The quantitative estimate of drug-likeness (QED) is 0.408. The molecule has 0 N–H and O–H groups in total. The van der Waals surface area contributed by atoms with Crippen molar-refractivity contribution in [1.29, 1.82) is 0 Å². The fourth-order valence-electron chi connectivity index (χ4n) is 2.33. The molecule has 0 aliphatic heterocycles. The fraction of sp³-hybridized carbons (Fsp3) is 0.364. The van der Waals surface area contributed by atoms with Gasteiger partial charge in [-0.05, 0) is 35.4 Å². The monoisotopic (exact) mass is 356 g/mol. The molecule has 0 unspecified atom stereocenters. The van der Waals surface area contributed by atoms with E-state index in [2.05, 4.69) is 36.4 Å². The zero-order chi connectivity index (χ0) is 18.5. The second-order valence-electron chi connectivity index (χ2n) is 5.86. The van der Waals surface area contributed by atoms with E-state index in [1.54, 1.807) is 14.2 Å². The standard InChI is InChI=1S/C22H28O4/c1-23-15-3-17-25-21-11-7-19(8-12-21)5-6-20-9-13-22(14-10-20)26-18-4-16-24-2/h5-14H,3-4,15-18H2,1-2H3/b6-5+. The van der Waals surface area contributed by atoms with Gasteiger partial charge in [-0.15, -0.1) is 0 Å². The lowest BCUT2D eigenvalue weighted by Gasteiger charge is -2.06. The molecule has 0 aromatic heterocycles. The highest BCUT2D eigenvalue weighted by molar-refractivity contribution is 5.70. The highest BCUT2D eigenvalue weighted by Crippen LogP contribution is 2.17. The van der Waals surface area contributed by atoms with Gasteiger partial charge in [0, 0.05) is 40.3 Å². The summed E-state index contributed by atoms with van der Waals surface area (Å²) in [6, 6.07) is 16.2. The summed E-state index contributed by atoms with van der Waals surface area (Å²) >= 11 is 0. The van der Waals surface area contributed by atoms with Crippen molar-refractivity contribution in [2.24, 2.45) is 0 Å². The van der Waals surface area contributed by atoms with Crippen LogP contribution in [0, 0.1) is 0 Å². The van der Waals surface area contributed by atoms with E-state index in [4.69, 9.17) is 18.9 Å². The molecular formula is C22H28O4. The van der Waals surface area contributed by atoms with E-state index < -0.39 is 0 Å². The lowest BCUT2D eigenvalue weighted by Crippen LogP contribution is -2.01. The molecule has 2 aromatic rings. The minimum absolute atomic E-state index is 0.670. The number of methoxy groups -OCH3 is 2. The molecule has 4 heteroatoms. The summed E-state index contributed by atoms with van der Waals surface area (Å²) in [7, 11) is 3.40. The summed E-state index contributed by atoms with van der Waals surface area (Å²) in [6.07, 6.45) is 5.96. The van der Waals surface area contributed by atoms with Crippen LogP contribution in [-0.2, 0) is 9.47 Å². The highest BCUT2D eigenvalue weighted by Gasteiger charge is 1.96. The first-order chi connectivity index (χ1) is 12.8. The van der Waals surface area contributed by atoms with E-state index in [1.165, 1.54) is 0 Å². The molecule has 2 rings (SSSR count). The Morgan fingerprint density at radius 2 is 0.962 bits per heavy atom. The van der Waals surface area contributed by atoms with E-state index >= 15 is 0 Å². The van der Waals surface area contributed by atoms with Crippen molar-refractivity contribution in [3.63, 3.8) is 0 Å². The van der Waals surface area contributed by atoms with Crippen LogP contribution in [0.2, 0.25) is 0 Å². The molecule has 0 amide bonds. The maximum atomic E-state index is 5.66. The van der Waals surface area contributed by atoms with Crippen LogP contribution in [-0.4, -0.2) is 40.6 Å². The third kappa shape index (κ3) is 7.72. The first-order valence-corrected chi connectivity index (χ1v) is 8.93. The summed E-state index contributed by atoms with van der Waals surface area (Å²) in [5.41, 5.74) is 2.27. The molecule has 0 aliphatic rings. The summed E-state index contributed by atoms with van der Waals surface area (Å²) < 4.78 is 21.3. The molecular weight excluding hydrogens is 328 g/mol. The Bertz CT molecular complexity index is 575. The summed E-state index contributed by atoms with van der Waals surface area (Å²) in [5.74, 6) is 1.77. The lowest BCUT2D eigenvalue weighted by atomic mass is 10.1. The van der Waals surface area contributed by atoms with Crippen LogP contribution in [0.4, 0.5) is 0 Å². The van der Waals surface area contributed by atoms with Crippen LogP contribution in [0.25, 0.3) is 12.2 Å². The second-order valence-corrected chi connectivity index (χ2v) is 5.86. The Morgan fingerprint density at radius 1 is 0.577 bits per heavy atom. The van der Waals surface area contributed by atoms with Gasteiger partial charge < -0.3 is 18.9 Å². The maximum Gasteiger partial charge on any atom is 0.119 e. The van der Waals surface area contributed by atoms with Gasteiger partial charge >= 0.3 is 0 Å². The molecule has 4 nitrogen and oxygen atoms in total. The summed E-state index contributed by atoms with van der Waals surface area (Å²) in [5, 5.41) is 0. The Balaban J connectivity index is 1.79. The minimum atomic E-state index is 0.670. The largest absolute Gasteiger partial charge is 0.494 e. The predicted molar refractivity (Wildman–Crippen MR) is 106 cm³/mol. The smallest absolute Gasteiger partial charge is 0.119 e. The molecule has 0 fully saturated rings. The van der Waals surface area contributed by atoms with Gasteiger partial charge in [0.25, 0.3) is 0 Å². The van der Waals surface area contributed by atoms with E-state index in [0.717, 1.165) is 48.7 Å². The number of hydrogen-bond acceptors (Lipinski definition) is 4.